The van der Waals surface area contributed by atoms with Crippen LogP contribution in [0, 0.1) is 31.0 Å². The zero-order valence-corrected chi connectivity index (χ0v) is 17.8. The Hall–Kier alpha value is -3.25. The number of carbonyl (C=O) groups excluding carboxylic acids is 1. The van der Waals surface area contributed by atoms with Crippen LogP contribution in [-0.2, 0) is 17.8 Å². The van der Waals surface area contributed by atoms with Crippen molar-refractivity contribution in [1.29, 1.82) is 5.26 Å². The molecule has 0 atom stereocenters. The van der Waals surface area contributed by atoms with Crippen LogP contribution in [0.15, 0.2) is 23.6 Å². The highest BCUT2D eigenvalue weighted by atomic mass is 32.1. The summed E-state index contributed by atoms with van der Waals surface area (Å²) < 4.78 is 20.6. The minimum Gasteiger partial charge on any atom is -0.494 e. The number of nitrogens with one attached hydrogen (secondary N) is 1. The molecule has 7 nitrogen and oxygen atoms in total. The van der Waals surface area contributed by atoms with Crippen LogP contribution in [0.1, 0.15) is 29.8 Å². The highest BCUT2D eigenvalue weighted by molar-refractivity contribution is 7.14. The number of carbonyl (C=O) groups is 1. The van der Waals surface area contributed by atoms with Crippen LogP contribution in [0.5, 0.6) is 5.75 Å². The molecule has 0 saturated carbocycles. The van der Waals surface area contributed by atoms with Gasteiger partial charge >= 0.3 is 0 Å². The molecule has 0 spiro atoms. The van der Waals surface area contributed by atoms with Gasteiger partial charge in [-0.25, -0.2) is 9.37 Å². The highest BCUT2D eigenvalue weighted by Gasteiger charge is 2.14. The third-order valence-corrected chi connectivity index (χ3v) is 5.52. The molecule has 0 fully saturated rings. The molecule has 0 aliphatic rings. The van der Waals surface area contributed by atoms with Crippen molar-refractivity contribution in [2.24, 2.45) is 0 Å². The number of amides is 1. The van der Waals surface area contributed by atoms with E-state index in [9.17, 15) is 9.18 Å². The Morgan fingerprint density at radius 3 is 2.90 bits per heavy atom. The van der Waals surface area contributed by atoms with Crippen molar-refractivity contribution in [3.05, 3.63) is 46.3 Å². The van der Waals surface area contributed by atoms with E-state index in [1.54, 1.807) is 17.5 Å². The second-order valence-electron chi connectivity index (χ2n) is 6.72. The zero-order valence-electron chi connectivity index (χ0n) is 17.0. The Kier molecular flexibility index (Phi) is 6.79. The molecule has 0 bridgehead atoms. The van der Waals surface area contributed by atoms with E-state index >= 15 is 0 Å². The normalized spacial score (nSPS) is 10.6. The fourth-order valence-electron chi connectivity index (χ4n) is 3.18. The van der Waals surface area contributed by atoms with Crippen molar-refractivity contribution < 1.29 is 13.9 Å². The number of aryl methyl sites for hydroxylation is 2. The van der Waals surface area contributed by atoms with Gasteiger partial charge in [-0.15, -0.1) is 11.3 Å². The molecule has 0 aliphatic heterocycles. The van der Waals surface area contributed by atoms with E-state index in [0.29, 0.717) is 35.8 Å². The maximum Gasteiger partial charge on any atom is 0.226 e. The number of halogens is 1. The Labute approximate surface area is 178 Å². The number of hydrogen-bond donors (Lipinski definition) is 1. The fraction of sp³-hybridized carbons (Fsp3) is 0.333. The molecule has 2 aromatic heterocycles. The van der Waals surface area contributed by atoms with Crippen molar-refractivity contribution in [2.75, 3.05) is 12.4 Å². The van der Waals surface area contributed by atoms with Crippen LogP contribution in [0.25, 0.3) is 11.3 Å². The molecule has 9 heteroatoms. The van der Waals surface area contributed by atoms with Crippen molar-refractivity contribution in [2.45, 2.75) is 39.7 Å². The largest absolute Gasteiger partial charge is 0.494 e. The number of aromatic nitrogens is 3. The van der Waals surface area contributed by atoms with Crippen LogP contribution in [-0.4, -0.2) is 27.8 Å². The Bertz CT molecular complexity index is 1100. The average molecular weight is 428 g/mol. The summed E-state index contributed by atoms with van der Waals surface area (Å²) in [5.74, 6) is -0.445. The van der Waals surface area contributed by atoms with Crippen molar-refractivity contribution in [3.8, 4) is 23.1 Å². The van der Waals surface area contributed by atoms with Crippen LogP contribution in [0.4, 0.5) is 9.52 Å². The van der Waals surface area contributed by atoms with Crippen LogP contribution < -0.4 is 10.1 Å². The van der Waals surface area contributed by atoms with Crippen LogP contribution >= 0.6 is 11.3 Å². The number of rotatable bonds is 8. The van der Waals surface area contributed by atoms with Gasteiger partial charge in [0.25, 0.3) is 0 Å². The molecular formula is C21H22FN5O2S. The summed E-state index contributed by atoms with van der Waals surface area (Å²) >= 11 is 1.29. The summed E-state index contributed by atoms with van der Waals surface area (Å²) in [4.78, 5) is 16.8. The predicted molar refractivity (Wildman–Crippen MR) is 113 cm³/mol. The lowest BCUT2D eigenvalue weighted by molar-refractivity contribution is -0.116. The van der Waals surface area contributed by atoms with Gasteiger partial charge in [-0.3, -0.25) is 9.48 Å². The smallest absolute Gasteiger partial charge is 0.226 e. The minimum atomic E-state index is -0.463. The number of anilines is 1. The van der Waals surface area contributed by atoms with Crippen LogP contribution in [0.3, 0.4) is 0 Å². The lowest BCUT2D eigenvalue weighted by Gasteiger charge is -2.04. The lowest BCUT2D eigenvalue weighted by atomic mass is 10.1. The number of nitrogens with zero attached hydrogens (tertiary/aromatic N) is 4. The van der Waals surface area contributed by atoms with E-state index in [2.05, 4.69) is 21.5 Å². The zero-order chi connectivity index (χ0) is 21.7. The van der Waals surface area contributed by atoms with E-state index in [1.807, 2.05) is 18.5 Å². The highest BCUT2D eigenvalue weighted by Crippen LogP contribution is 2.28. The van der Waals surface area contributed by atoms with Gasteiger partial charge in [0.05, 0.1) is 37.5 Å². The number of hydrogen-bond acceptors (Lipinski definition) is 6. The van der Waals surface area contributed by atoms with Crippen molar-refractivity contribution in [1.82, 2.24) is 14.8 Å². The summed E-state index contributed by atoms with van der Waals surface area (Å²) in [6.45, 7) is 4.40. The number of ether oxygens (including phenoxy) is 1. The van der Waals surface area contributed by atoms with Gasteiger partial charge in [0, 0.05) is 23.1 Å². The number of thiazole rings is 1. The summed E-state index contributed by atoms with van der Waals surface area (Å²) in [7, 11) is 1.41. The maximum atomic E-state index is 13.9. The second-order valence-corrected chi connectivity index (χ2v) is 7.57. The van der Waals surface area contributed by atoms with E-state index in [1.165, 1.54) is 24.5 Å². The van der Waals surface area contributed by atoms with E-state index in [0.717, 1.165) is 17.0 Å². The van der Waals surface area contributed by atoms with Gasteiger partial charge in [0.2, 0.25) is 5.91 Å². The first-order valence-corrected chi connectivity index (χ1v) is 10.3. The predicted octanol–water partition coefficient (Wildman–Crippen LogP) is 4.26. The molecule has 0 saturated heterocycles. The third-order valence-electron chi connectivity index (χ3n) is 4.77. The summed E-state index contributed by atoms with van der Waals surface area (Å²) in [5, 5.41) is 18.2. The standard InChI is InChI=1S/C21H22FN5O2S/c1-13-16(14(2)27(26-13)10-4-9-23)6-8-20(28)25-21-24-18(12-30-21)15-5-7-19(29-3)17(22)11-15/h5,7,11-12H,4,6,8,10H2,1-3H3,(H,24,25,28). The van der Waals surface area contributed by atoms with Gasteiger partial charge in [-0.2, -0.15) is 10.4 Å². The van der Waals surface area contributed by atoms with Crippen LogP contribution in [0.2, 0.25) is 0 Å². The molecule has 0 radical (unpaired) electrons. The van der Waals surface area contributed by atoms with Gasteiger partial charge in [-0.1, -0.05) is 0 Å². The number of methoxy groups -OCH3 is 1. The third kappa shape index (κ3) is 4.83. The quantitative estimate of drug-likeness (QED) is 0.580. The molecule has 1 amide bonds. The molecule has 1 aromatic carbocycles. The summed E-state index contributed by atoms with van der Waals surface area (Å²) in [6, 6.07) is 6.74. The SMILES string of the molecule is COc1ccc(-c2csc(NC(=O)CCc3c(C)nn(CCC#N)c3C)n2)cc1F. The molecule has 3 aromatic rings. The topological polar surface area (TPSA) is 92.8 Å². The average Bonchev–Trinajstić information content (AvgIpc) is 3.29. The van der Waals surface area contributed by atoms with E-state index < -0.39 is 5.82 Å². The van der Waals surface area contributed by atoms with Gasteiger partial charge in [-0.05, 0) is 44.0 Å². The van der Waals surface area contributed by atoms with Crippen molar-refractivity contribution >= 4 is 22.4 Å². The molecule has 0 unspecified atom stereocenters. The minimum absolute atomic E-state index is 0.152. The van der Waals surface area contributed by atoms with E-state index in [-0.39, 0.29) is 18.1 Å². The first-order chi connectivity index (χ1) is 14.4. The molecule has 3 rings (SSSR count). The summed E-state index contributed by atoms with van der Waals surface area (Å²) in [5.41, 5.74) is 4.07. The second kappa shape index (κ2) is 9.50. The van der Waals surface area contributed by atoms with Gasteiger partial charge in [0.15, 0.2) is 16.7 Å². The first kappa shape index (κ1) is 21.5. The molecule has 0 aliphatic carbocycles. The number of benzene rings is 1. The number of nitriles is 1. The van der Waals surface area contributed by atoms with E-state index in [4.69, 9.17) is 10.00 Å². The van der Waals surface area contributed by atoms with Gasteiger partial charge < -0.3 is 10.1 Å². The monoisotopic (exact) mass is 427 g/mol. The molecule has 156 valence electrons. The molecule has 2 heterocycles. The summed E-state index contributed by atoms with van der Waals surface area (Å²) in [6.07, 6.45) is 1.24. The lowest BCUT2D eigenvalue weighted by Crippen LogP contribution is -2.12. The Morgan fingerprint density at radius 1 is 1.40 bits per heavy atom. The maximum absolute atomic E-state index is 13.9. The Balaban J connectivity index is 1.61. The fourth-order valence-corrected chi connectivity index (χ4v) is 3.92. The first-order valence-electron chi connectivity index (χ1n) is 9.42. The molecular weight excluding hydrogens is 405 g/mol. The van der Waals surface area contributed by atoms with Crippen molar-refractivity contribution in [3.63, 3.8) is 0 Å². The van der Waals surface area contributed by atoms with Gasteiger partial charge in [0.1, 0.15) is 0 Å². The molecule has 1 N–H and O–H groups in total. The Morgan fingerprint density at radius 2 is 2.20 bits per heavy atom. The molecule has 30 heavy (non-hydrogen) atoms.